The lowest BCUT2D eigenvalue weighted by molar-refractivity contribution is -0.141. The first-order valence-electron chi connectivity index (χ1n) is 10.8. The Kier molecular flexibility index (Phi) is 6.26. The second-order valence-electron chi connectivity index (χ2n) is 8.00. The molecule has 2 N–H and O–H groups in total. The summed E-state index contributed by atoms with van der Waals surface area (Å²) in [4.78, 5) is 39.8. The number of carboxylic acids is 1. The number of nitrogens with zero attached hydrogens (tertiary/aromatic N) is 2. The van der Waals surface area contributed by atoms with Gasteiger partial charge in [0.1, 0.15) is 5.75 Å². The second-order valence-corrected chi connectivity index (χ2v) is 8.00. The standard InChI is InChI=1S/C25H25N3O5/c1-3-33-18-8-9-20-17(12-18)13-19(25(32)26-20)22-14-21(16-6-4-15(2)5-7-16)27-28(22)23(29)10-11-24(30)31/h4-9,12-13,22H,3,10-11,14H2,1-2H3,(H,26,32)(H,30,31)/t22-/m0/s1. The molecule has 1 aliphatic rings. The Balaban J connectivity index is 1.74. The van der Waals surface area contributed by atoms with Gasteiger partial charge >= 0.3 is 5.97 Å². The number of ether oxygens (including phenoxy) is 1. The molecule has 8 heteroatoms. The number of carbonyl (C=O) groups excluding carboxylic acids is 1. The Hall–Kier alpha value is -3.94. The molecule has 1 aromatic heterocycles. The van der Waals surface area contributed by atoms with Crippen molar-refractivity contribution in [1.82, 2.24) is 9.99 Å². The molecule has 1 aliphatic heterocycles. The van der Waals surface area contributed by atoms with Gasteiger partial charge in [-0.05, 0) is 43.7 Å². The van der Waals surface area contributed by atoms with Crippen LogP contribution in [0.15, 0.2) is 58.4 Å². The van der Waals surface area contributed by atoms with E-state index in [-0.39, 0.29) is 18.4 Å². The Bertz CT molecular complexity index is 1290. The summed E-state index contributed by atoms with van der Waals surface area (Å²) in [6, 6.07) is 14.3. The van der Waals surface area contributed by atoms with E-state index in [9.17, 15) is 14.4 Å². The molecule has 0 bridgehead atoms. The number of aliphatic carboxylic acids is 1. The summed E-state index contributed by atoms with van der Waals surface area (Å²) in [5.41, 5.74) is 3.37. The number of hydrogen-bond donors (Lipinski definition) is 2. The Morgan fingerprint density at radius 3 is 2.61 bits per heavy atom. The van der Waals surface area contributed by atoms with Gasteiger partial charge < -0.3 is 14.8 Å². The van der Waals surface area contributed by atoms with Crippen LogP contribution in [0.2, 0.25) is 0 Å². The van der Waals surface area contributed by atoms with Crippen molar-refractivity contribution in [2.45, 2.75) is 39.2 Å². The minimum Gasteiger partial charge on any atom is -0.494 e. The van der Waals surface area contributed by atoms with Crippen molar-refractivity contribution in [3.8, 4) is 5.75 Å². The number of pyridine rings is 1. The van der Waals surface area contributed by atoms with Gasteiger partial charge in [-0.25, -0.2) is 5.01 Å². The van der Waals surface area contributed by atoms with Crippen LogP contribution in [-0.4, -0.2) is 39.3 Å². The zero-order valence-corrected chi connectivity index (χ0v) is 18.5. The normalized spacial score (nSPS) is 15.5. The molecule has 8 nitrogen and oxygen atoms in total. The van der Waals surface area contributed by atoms with Crippen molar-refractivity contribution in [2.24, 2.45) is 5.10 Å². The van der Waals surface area contributed by atoms with Gasteiger partial charge in [0.15, 0.2) is 0 Å². The fourth-order valence-corrected chi connectivity index (χ4v) is 3.94. The van der Waals surface area contributed by atoms with Gasteiger partial charge in [0, 0.05) is 29.3 Å². The number of carboxylic acid groups (broad SMARTS) is 1. The van der Waals surface area contributed by atoms with Gasteiger partial charge in [-0.2, -0.15) is 5.10 Å². The monoisotopic (exact) mass is 447 g/mol. The van der Waals surface area contributed by atoms with Crippen molar-refractivity contribution in [1.29, 1.82) is 0 Å². The van der Waals surface area contributed by atoms with Crippen LogP contribution < -0.4 is 10.3 Å². The highest BCUT2D eigenvalue weighted by Gasteiger charge is 2.34. The molecule has 0 aliphatic carbocycles. The molecule has 0 fully saturated rings. The number of H-pyrrole nitrogens is 1. The number of rotatable bonds is 7. The number of hydrogen-bond acceptors (Lipinski definition) is 5. The average molecular weight is 447 g/mol. The molecule has 4 rings (SSSR count). The predicted octanol–water partition coefficient (Wildman–Crippen LogP) is 3.78. The molecular weight excluding hydrogens is 422 g/mol. The van der Waals surface area contributed by atoms with Gasteiger partial charge in [0.05, 0.1) is 24.8 Å². The van der Waals surface area contributed by atoms with Crippen LogP contribution >= 0.6 is 0 Å². The number of hydrazone groups is 1. The average Bonchev–Trinajstić information content (AvgIpc) is 3.23. The molecule has 0 saturated carbocycles. The first kappa shape index (κ1) is 22.3. The number of amides is 1. The fourth-order valence-electron chi connectivity index (χ4n) is 3.94. The molecule has 0 saturated heterocycles. The van der Waals surface area contributed by atoms with Crippen LogP contribution in [0.1, 0.15) is 48.9 Å². The van der Waals surface area contributed by atoms with E-state index >= 15 is 0 Å². The van der Waals surface area contributed by atoms with E-state index < -0.39 is 17.9 Å². The number of aromatic nitrogens is 1. The van der Waals surface area contributed by atoms with E-state index in [4.69, 9.17) is 9.84 Å². The zero-order valence-electron chi connectivity index (χ0n) is 18.5. The maximum absolute atomic E-state index is 13.0. The molecule has 0 radical (unpaired) electrons. The highest BCUT2D eigenvalue weighted by molar-refractivity contribution is 6.03. The number of benzene rings is 2. The predicted molar refractivity (Wildman–Crippen MR) is 125 cm³/mol. The van der Waals surface area contributed by atoms with Crippen LogP contribution in [0, 0.1) is 6.92 Å². The zero-order chi connectivity index (χ0) is 23.5. The maximum atomic E-state index is 13.0. The Morgan fingerprint density at radius 2 is 1.91 bits per heavy atom. The van der Waals surface area contributed by atoms with Crippen molar-refractivity contribution >= 4 is 28.5 Å². The van der Waals surface area contributed by atoms with Crippen LogP contribution in [0.3, 0.4) is 0 Å². The quantitative estimate of drug-likeness (QED) is 0.572. The number of fused-ring (bicyclic) bond motifs is 1. The Labute approximate surface area is 190 Å². The molecule has 170 valence electrons. The van der Waals surface area contributed by atoms with Crippen molar-refractivity contribution in [3.05, 3.63) is 75.6 Å². The molecule has 1 amide bonds. The van der Waals surface area contributed by atoms with Crippen LogP contribution in [0.4, 0.5) is 0 Å². The molecule has 2 heterocycles. The van der Waals surface area contributed by atoms with Crippen LogP contribution in [0.25, 0.3) is 10.9 Å². The first-order valence-corrected chi connectivity index (χ1v) is 10.8. The summed E-state index contributed by atoms with van der Waals surface area (Å²) < 4.78 is 5.57. The fraction of sp³-hybridized carbons (Fsp3) is 0.280. The summed E-state index contributed by atoms with van der Waals surface area (Å²) >= 11 is 0. The minimum absolute atomic E-state index is 0.198. The summed E-state index contributed by atoms with van der Waals surface area (Å²) in [5, 5.41) is 15.6. The van der Waals surface area contributed by atoms with E-state index in [0.29, 0.717) is 35.6 Å². The van der Waals surface area contributed by atoms with E-state index in [0.717, 1.165) is 16.5 Å². The molecule has 1 atom stereocenters. The summed E-state index contributed by atoms with van der Waals surface area (Å²) in [6.45, 7) is 4.39. The van der Waals surface area contributed by atoms with Crippen LogP contribution in [0.5, 0.6) is 5.75 Å². The van der Waals surface area contributed by atoms with Gasteiger partial charge in [0.2, 0.25) is 5.91 Å². The largest absolute Gasteiger partial charge is 0.494 e. The van der Waals surface area contributed by atoms with E-state index in [1.54, 1.807) is 18.2 Å². The summed E-state index contributed by atoms with van der Waals surface area (Å²) in [6.07, 6.45) is -0.151. The molecule has 0 unspecified atom stereocenters. The lowest BCUT2D eigenvalue weighted by atomic mass is 9.97. The molecule has 2 aromatic carbocycles. The maximum Gasteiger partial charge on any atom is 0.303 e. The molecule has 3 aromatic rings. The third-order valence-corrected chi connectivity index (χ3v) is 5.62. The van der Waals surface area contributed by atoms with Gasteiger partial charge in [-0.15, -0.1) is 0 Å². The molecule has 0 spiro atoms. The van der Waals surface area contributed by atoms with Crippen molar-refractivity contribution < 1.29 is 19.4 Å². The minimum atomic E-state index is -1.06. The van der Waals surface area contributed by atoms with E-state index in [2.05, 4.69) is 10.1 Å². The second kappa shape index (κ2) is 9.28. The number of aromatic amines is 1. The third kappa shape index (κ3) is 4.79. The first-order chi connectivity index (χ1) is 15.9. The smallest absolute Gasteiger partial charge is 0.303 e. The highest BCUT2D eigenvalue weighted by Crippen LogP contribution is 2.33. The summed E-state index contributed by atoms with van der Waals surface area (Å²) in [5.74, 6) is -0.818. The third-order valence-electron chi connectivity index (χ3n) is 5.62. The number of aryl methyl sites for hydroxylation is 1. The van der Waals surface area contributed by atoms with Crippen molar-refractivity contribution in [3.63, 3.8) is 0 Å². The van der Waals surface area contributed by atoms with Gasteiger partial charge in [0.25, 0.3) is 5.56 Å². The van der Waals surface area contributed by atoms with E-state index in [1.807, 2.05) is 44.2 Å². The summed E-state index contributed by atoms with van der Waals surface area (Å²) in [7, 11) is 0. The highest BCUT2D eigenvalue weighted by atomic mass is 16.5. The van der Waals surface area contributed by atoms with Crippen LogP contribution in [-0.2, 0) is 9.59 Å². The number of nitrogens with one attached hydrogen (secondary N) is 1. The SMILES string of the molecule is CCOc1ccc2[nH]c(=O)c([C@@H]3CC(c4ccc(C)cc4)=NN3C(=O)CCC(=O)O)cc2c1. The van der Waals surface area contributed by atoms with E-state index in [1.165, 1.54) is 5.01 Å². The topological polar surface area (TPSA) is 112 Å². The molecule has 33 heavy (non-hydrogen) atoms. The van der Waals surface area contributed by atoms with Gasteiger partial charge in [-0.1, -0.05) is 29.8 Å². The lowest BCUT2D eigenvalue weighted by Gasteiger charge is -2.21. The molecular formula is C25H25N3O5. The van der Waals surface area contributed by atoms with Crippen molar-refractivity contribution in [2.75, 3.05) is 6.61 Å². The number of carbonyl (C=O) groups is 2. The lowest BCUT2D eigenvalue weighted by Crippen LogP contribution is -2.31. The Morgan fingerprint density at radius 1 is 1.15 bits per heavy atom. The van der Waals surface area contributed by atoms with Gasteiger partial charge in [-0.3, -0.25) is 14.4 Å².